The highest BCUT2D eigenvalue weighted by Gasteiger charge is 2.35. The first-order valence-electron chi connectivity index (χ1n) is 12.8. The Morgan fingerprint density at radius 1 is 0.895 bits per heavy atom. The summed E-state index contributed by atoms with van der Waals surface area (Å²) in [7, 11) is 1.31. The molecule has 2 saturated heterocycles. The topological polar surface area (TPSA) is 123 Å². The van der Waals surface area contributed by atoms with Crippen LogP contribution in [0.25, 0.3) is 0 Å². The summed E-state index contributed by atoms with van der Waals surface area (Å²) < 4.78 is 10.3. The zero-order chi connectivity index (χ0) is 27.3. The summed E-state index contributed by atoms with van der Waals surface area (Å²) in [5.74, 6) is -1.20. The molecule has 3 amide bonds. The lowest BCUT2D eigenvalue weighted by Gasteiger charge is -2.36. The van der Waals surface area contributed by atoms with Gasteiger partial charge in [-0.15, -0.1) is 22.7 Å². The van der Waals surface area contributed by atoms with Crippen LogP contribution in [-0.2, 0) is 19.1 Å². The van der Waals surface area contributed by atoms with E-state index in [4.69, 9.17) is 9.47 Å². The molecule has 10 nitrogen and oxygen atoms in total. The molecule has 0 spiro atoms. The second-order valence-corrected chi connectivity index (χ2v) is 11.8. The molecule has 12 heteroatoms. The van der Waals surface area contributed by atoms with E-state index in [1.807, 2.05) is 19.2 Å². The van der Waals surface area contributed by atoms with Crippen molar-refractivity contribution in [3.8, 4) is 0 Å². The second-order valence-electron chi connectivity index (χ2n) is 10.1. The van der Waals surface area contributed by atoms with Gasteiger partial charge in [-0.2, -0.15) is 0 Å². The number of ether oxygens (including phenoxy) is 2. The van der Waals surface area contributed by atoms with Gasteiger partial charge in [-0.05, 0) is 61.4 Å². The molecule has 0 radical (unpaired) electrons. The number of nitrogens with zero attached hydrogens (tertiary/aromatic N) is 1. The molecule has 4 rings (SSSR count). The Kier molecular flexibility index (Phi) is 9.19. The maximum absolute atomic E-state index is 13.4. The average molecular weight is 564 g/mol. The van der Waals surface area contributed by atoms with Gasteiger partial charge in [0.05, 0.1) is 50.8 Å². The van der Waals surface area contributed by atoms with Crippen LogP contribution < -0.4 is 16.0 Å². The van der Waals surface area contributed by atoms with Gasteiger partial charge in [0, 0.05) is 0 Å². The third-order valence-corrected chi connectivity index (χ3v) is 9.18. The Morgan fingerprint density at radius 2 is 1.42 bits per heavy atom. The Labute approximate surface area is 230 Å². The molecule has 0 aliphatic carbocycles. The molecule has 2 fully saturated rings. The first-order chi connectivity index (χ1) is 18.2. The number of thiophene rings is 2. The number of rotatable bonds is 9. The number of carbonyl (C=O) groups is 4. The summed E-state index contributed by atoms with van der Waals surface area (Å²) in [5, 5.41) is 12.5. The number of hydrogen-bond donors (Lipinski definition) is 3. The van der Waals surface area contributed by atoms with Gasteiger partial charge in [0.25, 0.3) is 17.7 Å². The van der Waals surface area contributed by atoms with Crippen LogP contribution in [-0.4, -0.2) is 80.7 Å². The number of hydrogen-bond acceptors (Lipinski definition) is 8. The van der Waals surface area contributed by atoms with E-state index in [1.165, 1.54) is 29.8 Å². The fraction of sp³-hybridized carbons (Fsp3) is 0.538. The maximum Gasteiger partial charge on any atom is 0.350 e. The number of carbonyl (C=O) groups excluding carboxylic acids is 4. The monoisotopic (exact) mass is 563 g/mol. The van der Waals surface area contributed by atoms with Gasteiger partial charge in [0.1, 0.15) is 9.75 Å². The van der Waals surface area contributed by atoms with Crippen LogP contribution in [0.3, 0.4) is 0 Å². The van der Waals surface area contributed by atoms with Crippen LogP contribution in [0, 0.1) is 13.8 Å². The van der Waals surface area contributed by atoms with Gasteiger partial charge in [0.15, 0.2) is 13.1 Å². The molecule has 206 valence electrons. The number of anilines is 2. The van der Waals surface area contributed by atoms with Crippen molar-refractivity contribution in [2.45, 2.75) is 45.6 Å². The predicted octanol–water partition coefficient (Wildman–Crippen LogP) is 3.31. The van der Waals surface area contributed by atoms with Crippen LogP contribution in [0.2, 0.25) is 0 Å². The van der Waals surface area contributed by atoms with Crippen molar-refractivity contribution < 1.29 is 33.1 Å². The van der Waals surface area contributed by atoms with E-state index in [-0.39, 0.29) is 36.9 Å². The normalized spacial score (nSPS) is 17.1. The van der Waals surface area contributed by atoms with E-state index in [0.29, 0.717) is 51.9 Å². The second kappa shape index (κ2) is 12.4. The highest BCUT2D eigenvalue weighted by molar-refractivity contribution is 7.13. The molecule has 2 aromatic heterocycles. The molecular weight excluding hydrogens is 528 g/mol. The predicted molar refractivity (Wildman–Crippen MR) is 147 cm³/mol. The minimum atomic E-state index is -0.493. The van der Waals surface area contributed by atoms with Crippen molar-refractivity contribution in [2.75, 3.05) is 57.1 Å². The fourth-order valence-electron chi connectivity index (χ4n) is 4.88. The maximum atomic E-state index is 13.4. The van der Waals surface area contributed by atoms with Crippen molar-refractivity contribution >= 4 is 57.7 Å². The zero-order valence-electron chi connectivity index (χ0n) is 22.0. The lowest BCUT2D eigenvalue weighted by atomic mass is 10.2. The van der Waals surface area contributed by atoms with Gasteiger partial charge in [-0.25, -0.2) is 4.79 Å². The van der Waals surface area contributed by atoms with Gasteiger partial charge in [-0.1, -0.05) is 0 Å². The molecule has 0 unspecified atom stereocenters. The first-order valence-corrected chi connectivity index (χ1v) is 14.5. The Hall–Kier alpha value is -2.80. The molecule has 0 atom stereocenters. The SMILES string of the molecule is COC(=O)c1scc(C)c1NC(=O)C[N+]1(CC(=O)Nc2c(C)csc2C(=O)NC2COC2)CCCCCC1. The van der Waals surface area contributed by atoms with Crippen LogP contribution in [0.4, 0.5) is 11.4 Å². The molecule has 2 aliphatic heterocycles. The van der Waals surface area contributed by atoms with Gasteiger partial charge < -0.3 is 29.9 Å². The van der Waals surface area contributed by atoms with Crippen LogP contribution >= 0.6 is 22.7 Å². The number of aryl methyl sites for hydroxylation is 2. The number of likely N-dealkylation sites (tertiary alicyclic amines) is 1. The average Bonchev–Trinajstić information content (AvgIpc) is 3.30. The van der Waals surface area contributed by atoms with E-state index in [2.05, 4.69) is 16.0 Å². The smallest absolute Gasteiger partial charge is 0.350 e. The molecule has 3 N–H and O–H groups in total. The van der Waals surface area contributed by atoms with E-state index < -0.39 is 5.97 Å². The Balaban J connectivity index is 1.47. The number of methoxy groups -OCH3 is 1. The van der Waals surface area contributed by atoms with Crippen molar-refractivity contribution in [2.24, 2.45) is 0 Å². The molecule has 2 aliphatic rings. The molecule has 0 bridgehead atoms. The fourth-order valence-corrected chi connectivity index (χ4v) is 6.71. The standard InChI is InChI=1S/C26H34N4O6S2/c1-16-14-37-23(25(33)27-18-12-36-13-18)21(16)28-19(31)10-30(8-6-4-5-7-9-30)11-20(32)29-22-17(2)15-38-24(22)26(34)35-3/h14-15,18H,4-13H2,1-3H3,(H2-,27,28,29,31,32,33,34)/p+1. The lowest BCUT2D eigenvalue weighted by molar-refractivity contribution is -0.912. The van der Waals surface area contributed by atoms with E-state index in [1.54, 1.807) is 5.38 Å². The molecule has 0 saturated carbocycles. The van der Waals surface area contributed by atoms with Crippen LogP contribution in [0.15, 0.2) is 10.8 Å². The molecule has 0 aromatic carbocycles. The van der Waals surface area contributed by atoms with E-state index in [0.717, 1.165) is 36.8 Å². The summed E-state index contributed by atoms with van der Waals surface area (Å²) in [6.45, 7) is 6.31. The summed E-state index contributed by atoms with van der Waals surface area (Å²) in [5.41, 5.74) is 2.59. The molecular formula is C26H35N4O6S2+. The third-order valence-electron chi connectivity index (χ3n) is 7.00. The molecule has 4 heterocycles. The lowest BCUT2D eigenvalue weighted by Crippen LogP contribution is -2.56. The van der Waals surface area contributed by atoms with Crippen LogP contribution in [0.5, 0.6) is 0 Å². The van der Waals surface area contributed by atoms with Crippen LogP contribution in [0.1, 0.15) is 56.2 Å². The largest absolute Gasteiger partial charge is 0.465 e. The molecule has 38 heavy (non-hydrogen) atoms. The Bertz CT molecular complexity index is 1190. The highest BCUT2D eigenvalue weighted by atomic mass is 32.1. The third kappa shape index (κ3) is 6.60. The summed E-state index contributed by atoms with van der Waals surface area (Å²) in [4.78, 5) is 52.4. The van der Waals surface area contributed by atoms with Crippen molar-refractivity contribution in [1.29, 1.82) is 0 Å². The minimum absolute atomic E-state index is 0.00976. The first kappa shape index (κ1) is 28.2. The number of nitrogens with one attached hydrogen (secondary N) is 3. The summed E-state index contributed by atoms with van der Waals surface area (Å²) in [6.07, 6.45) is 3.94. The number of amides is 3. The van der Waals surface area contributed by atoms with E-state index >= 15 is 0 Å². The Morgan fingerprint density at radius 3 is 1.92 bits per heavy atom. The number of esters is 1. The number of quaternary nitrogens is 1. The highest BCUT2D eigenvalue weighted by Crippen LogP contribution is 2.30. The van der Waals surface area contributed by atoms with Crippen molar-refractivity contribution in [3.05, 3.63) is 31.6 Å². The van der Waals surface area contributed by atoms with Crippen molar-refractivity contribution in [3.63, 3.8) is 0 Å². The quantitative estimate of drug-likeness (QED) is 0.318. The minimum Gasteiger partial charge on any atom is -0.465 e. The summed E-state index contributed by atoms with van der Waals surface area (Å²) >= 11 is 2.53. The van der Waals surface area contributed by atoms with Gasteiger partial charge in [0.2, 0.25) is 0 Å². The molecule has 2 aromatic rings. The summed E-state index contributed by atoms with van der Waals surface area (Å²) in [6, 6.07) is -0.00976. The van der Waals surface area contributed by atoms with Crippen molar-refractivity contribution in [1.82, 2.24) is 5.32 Å². The van der Waals surface area contributed by atoms with Gasteiger partial charge in [-0.3, -0.25) is 14.4 Å². The van der Waals surface area contributed by atoms with Gasteiger partial charge >= 0.3 is 5.97 Å². The zero-order valence-corrected chi connectivity index (χ0v) is 23.6. The van der Waals surface area contributed by atoms with E-state index in [9.17, 15) is 19.2 Å².